The first-order valence-electron chi connectivity index (χ1n) is 8.00. The van der Waals surface area contributed by atoms with Crippen molar-refractivity contribution >= 4 is 0 Å². The van der Waals surface area contributed by atoms with Crippen LogP contribution in [0.15, 0.2) is 24.3 Å². The monoisotopic (exact) mass is 292 g/mol. The van der Waals surface area contributed by atoms with E-state index in [1.807, 2.05) is 6.08 Å². The fourth-order valence-electron chi connectivity index (χ4n) is 2.73. The van der Waals surface area contributed by atoms with E-state index < -0.39 is 11.6 Å². The van der Waals surface area contributed by atoms with Crippen LogP contribution < -0.4 is 4.74 Å². The summed E-state index contributed by atoms with van der Waals surface area (Å²) < 4.78 is 33.4. The molecule has 1 aromatic carbocycles. The smallest absolute Gasteiger partial charge is 0.200 e. The van der Waals surface area contributed by atoms with Crippen molar-refractivity contribution in [3.63, 3.8) is 0 Å². The van der Waals surface area contributed by atoms with Crippen molar-refractivity contribution in [2.45, 2.75) is 44.9 Å². The topological polar surface area (TPSA) is 9.23 Å². The van der Waals surface area contributed by atoms with Crippen molar-refractivity contribution in [1.29, 1.82) is 0 Å². The van der Waals surface area contributed by atoms with Crippen LogP contribution in [0.2, 0.25) is 0 Å². The maximum Gasteiger partial charge on any atom is 0.200 e. The van der Waals surface area contributed by atoms with Crippen LogP contribution in [0.5, 0.6) is 5.75 Å². The van der Waals surface area contributed by atoms with Crippen LogP contribution in [0.1, 0.15) is 44.1 Å². The maximum atomic E-state index is 14.0. The highest BCUT2D eigenvalue weighted by Gasteiger charge is 2.20. The number of rotatable bonds is 6. The second kappa shape index (κ2) is 6.59. The van der Waals surface area contributed by atoms with Gasteiger partial charge in [-0.3, -0.25) is 0 Å². The van der Waals surface area contributed by atoms with E-state index in [1.165, 1.54) is 25.7 Å². The van der Waals surface area contributed by atoms with Gasteiger partial charge in [-0.25, -0.2) is 4.39 Å². The molecule has 0 N–H and O–H groups in total. The largest absolute Gasteiger partial charge is 0.490 e. The summed E-state index contributed by atoms with van der Waals surface area (Å²) in [6.45, 7) is 0.497. The summed E-state index contributed by atoms with van der Waals surface area (Å²) in [7, 11) is 0. The number of ether oxygens (including phenoxy) is 1. The van der Waals surface area contributed by atoms with E-state index >= 15 is 0 Å². The molecule has 2 fully saturated rings. The van der Waals surface area contributed by atoms with Crippen LogP contribution >= 0.6 is 0 Å². The molecule has 0 aliphatic heterocycles. The van der Waals surface area contributed by atoms with Gasteiger partial charge in [-0.05, 0) is 55.6 Å². The highest BCUT2D eigenvalue weighted by molar-refractivity contribution is 5.32. The predicted octanol–water partition coefficient (Wildman–Crippen LogP) is 5.04. The molecule has 2 saturated carbocycles. The standard InChI is InChI=1S/C18H22F2O/c19-17-15(9-3-6-13-4-1-5-13)10-11-16(18(17)20)21-12-14-7-2-8-14/h3,6,10-11,13-14H,1-2,4-5,7-9,12H2/b6-3+. The molecular weight excluding hydrogens is 270 g/mol. The van der Waals surface area contributed by atoms with Crippen molar-refractivity contribution in [3.05, 3.63) is 41.5 Å². The second-order valence-electron chi connectivity index (χ2n) is 6.28. The molecule has 0 heterocycles. The highest BCUT2D eigenvalue weighted by Crippen LogP contribution is 2.30. The molecule has 0 bridgehead atoms. The van der Waals surface area contributed by atoms with E-state index in [0.717, 1.165) is 12.8 Å². The molecule has 114 valence electrons. The highest BCUT2D eigenvalue weighted by atomic mass is 19.2. The van der Waals surface area contributed by atoms with E-state index in [0.29, 0.717) is 30.4 Å². The van der Waals surface area contributed by atoms with E-state index in [-0.39, 0.29) is 5.75 Å². The van der Waals surface area contributed by atoms with Crippen LogP contribution in [0.25, 0.3) is 0 Å². The van der Waals surface area contributed by atoms with E-state index in [9.17, 15) is 8.78 Å². The van der Waals surface area contributed by atoms with Gasteiger partial charge in [-0.2, -0.15) is 4.39 Å². The summed E-state index contributed by atoms with van der Waals surface area (Å²) in [6, 6.07) is 3.20. The number of hydrogen-bond acceptors (Lipinski definition) is 1. The average Bonchev–Trinajstić information content (AvgIpc) is 2.37. The Morgan fingerprint density at radius 2 is 1.81 bits per heavy atom. The summed E-state index contributed by atoms with van der Waals surface area (Å²) in [5.74, 6) is -0.408. The Hall–Kier alpha value is -1.38. The molecule has 0 radical (unpaired) electrons. The lowest BCUT2D eigenvalue weighted by molar-refractivity contribution is 0.174. The minimum absolute atomic E-state index is 0.0473. The van der Waals surface area contributed by atoms with Gasteiger partial charge < -0.3 is 4.74 Å². The van der Waals surface area contributed by atoms with Crippen LogP contribution in [-0.4, -0.2) is 6.61 Å². The first-order chi connectivity index (χ1) is 10.2. The third-order valence-corrected chi connectivity index (χ3v) is 4.72. The van der Waals surface area contributed by atoms with Gasteiger partial charge in [0, 0.05) is 0 Å². The molecule has 2 aliphatic carbocycles. The van der Waals surface area contributed by atoms with Crippen LogP contribution in [0, 0.1) is 23.5 Å². The van der Waals surface area contributed by atoms with Crippen molar-refractivity contribution in [1.82, 2.24) is 0 Å². The molecule has 1 aromatic rings. The summed E-state index contributed by atoms with van der Waals surface area (Å²) >= 11 is 0. The Bertz CT molecular complexity index is 516. The van der Waals surface area contributed by atoms with Crippen molar-refractivity contribution in [2.24, 2.45) is 11.8 Å². The molecular formula is C18H22F2O. The number of halogens is 2. The zero-order valence-corrected chi connectivity index (χ0v) is 12.3. The number of benzene rings is 1. The van der Waals surface area contributed by atoms with Crippen LogP contribution in [-0.2, 0) is 6.42 Å². The van der Waals surface area contributed by atoms with Crippen molar-refractivity contribution in [2.75, 3.05) is 6.61 Å². The van der Waals surface area contributed by atoms with E-state index in [2.05, 4.69) is 6.08 Å². The minimum atomic E-state index is -0.844. The Balaban J connectivity index is 1.59. The third kappa shape index (κ3) is 3.45. The summed E-state index contributed by atoms with van der Waals surface area (Å²) in [5, 5.41) is 0. The van der Waals surface area contributed by atoms with Crippen molar-refractivity contribution < 1.29 is 13.5 Å². The zero-order chi connectivity index (χ0) is 14.7. The Morgan fingerprint density at radius 3 is 2.43 bits per heavy atom. The molecule has 3 heteroatoms. The lowest BCUT2D eigenvalue weighted by Crippen LogP contribution is -2.19. The fourth-order valence-corrected chi connectivity index (χ4v) is 2.73. The summed E-state index contributed by atoms with van der Waals surface area (Å²) in [5.41, 5.74) is 0.402. The van der Waals surface area contributed by atoms with E-state index in [4.69, 9.17) is 4.74 Å². The quantitative estimate of drug-likeness (QED) is 0.667. The van der Waals surface area contributed by atoms with Crippen LogP contribution in [0.4, 0.5) is 8.78 Å². The Labute approximate surface area is 125 Å². The lowest BCUT2D eigenvalue weighted by Gasteiger charge is -2.25. The molecule has 0 saturated heterocycles. The molecule has 1 nitrogen and oxygen atoms in total. The van der Waals surface area contributed by atoms with E-state index in [1.54, 1.807) is 12.1 Å². The maximum absolute atomic E-state index is 14.0. The zero-order valence-electron chi connectivity index (χ0n) is 12.3. The molecule has 0 atom stereocenters. The average molecular weight is 292 g/mol. The molecule has 0 aromatic heterocycles. The van der Waals surface area contributed by atoms with Gasteiger partial charge in [0.15, 0.2) is 11.6 Å². The van der Waals surface area contributed by atoms with Gasteiger partial charge in [0.05, 0.1) is 6.61 Å². The third-order valence-electron chi connectivity index (χ3n) is 4.72. The van der Waals surface area contributed by atoms with Gasteiger partial charge in [0.25, 0.3) is 0 Å². The second-order valence-corrected chi connectivity index (χ2v) is 6.28. The molecule has 3 rings (SSSR count). The summed E-state index contributed by atoms with van der Waals surface area (Å²) in [4.78, 5) is 0. The predicted molar refractivity (Wildman–Crippen MR) is 79.4 cm³/mol. The molecule has 2 aliphatic rings. The Kier molecular flexibility index (Phi) is 4.57. The first-order valence-corrected chi connectivity index (χ1v) is 8.00. The van der Waals surface area contributed by atoms with Gasteiger partial charge in [-0.15, -0.1) is 0 Å². The minimum Gasteiger partial charge on any atom is -0.490 e. The number of hydrogen-bond donors (Lipinski definition) is 0. The Morgan fingerprint density at radius 1 is 1.05 bits per heavy atom. The molecule has 21 heavy (non-hydrogen) atoms. The SMILES string of the molecule is Fc1c(C/C=C/C2CCC2)ccc(OCC2CCC2)c1F. The first kappa shape index (κ1) is 14.6. The van der Waals surface area contributed by atoms with Gasteiger partial charge in [0.1, 0.15) is 0 Å². The fraction of sp³-hybridized carbons (Fsp3) is 0.556. The van der Waals surface area contributed by atoms with Crippen molar-refractivity contribution in [3.8, 4) is 5.75 Å². The molecule has 0 spiro atoms. The normalized spacial score (nSPS) is 19.5. The summed E-state index contributed by atoms with van der Waals surface area (Å²) in [6.07, 6.45) is 11.7. The van der Waals surface area contributed by atoms with Gasteiger partial charge >= 0.3 is 0 Å². The molecule has 0 unspecified atom stereocenters. The van der Waals surface area contributed by atoms with Gasteiger partial charge in [-0.1, -0.05) is 31.1 Å². The van der Waals surface area contributed by atoms with Gasteiger partial charge in [0.2, 0.25) is 5.82 Å². The lowest BCUT2D eigenvalue weighted by atomic mass is 9.85. The number of allylic oxidation sites excluding steroid dienone is 2. The molecule has 0 amide bonds. The van der Waals surface area contributed by atoms with Crippen LogP contribution in [0.3, 0.4) is 0 Å².